The van der Waals surface area contributed by atoms with Crippen molar-refractivity contribution >= 4 is 17.9 Å². The lowest BCUT2D eigenvalue weighted by Gasteiger charge is -2.18. The van der Waals surface area contributed by atoms with E-state index in [0.717, 1.165) is 96.3 Å². The zero-order chi connectivity index (χ0) is 59.9. The topological polar surface area (TPSA) is 78.9 Å². The Kier molecular flexibility index (Phi) is 68.6. The van der Waals surface area contributed by atoms with E-state index in [9.17, 15) is 14.4 Å². The lowest BCUT2D eigenvalue weighted by Crippen LogP contribution is -2.30. The molecule has 0 aliphatic carbocycles. The molecule has 83 heavy (non-hydrogen) atoms. The van der Waals surface area contributed by atoms with Gasteiger partial charge >= 0.3 is 17.9 Å². The van der Waals surface area contributed by atoms with Gasteiger partial charge in [-0.2, -0.15) is 0 Å². The highest BCUT2D eigenvalue weighted by molar-refractivity contribution is 5.71. The van der Waals surface area contributed by atoms with Crippen LogP contribution in [0, 0.1) is 0 Å². The summed E-state index contributed by atoms with van der Waals surface area (Å²) >= 11 is 0. The predicted molar refractivity (Wildman–Crippen MR) is 362 cm³/mol. The highest BCUT2D eigenvalue weighted by Crippen LogP contribution is 2.18. The van der Waals surface area contributed by atoms with E-state index in [-0.39, 0.29) is 31.1 Å². The van der Waals surface area contributed by atoms with E-state index in [2.05, 4.69) is 93.7 Å². The highest BCUT2D eigenvalue weighted by atomic mass is 16.6. The minimum atomic E-state index is -0.787. The molecule has 0 amide bonds. The first-order valence-electron chi connectivity index (χ1n) is 36.4. The monoisotopic (exact) mass is 1160 g/mol. The molecule has 482 valence electrons. The van der Waals surface area contributed by atoms with Crippen LogP contribution in [-0.4, -0.2) is 37.2 Å². The second-order valence-corrected chi connectivity index (χ2v) is 24.5. The van der Waals surface area contributed by atoms with Crippen LogP contribution in [-0.2, 0) is 28.6 Å². The summed E-state index contributed by atoms with van der Waals surface area (Å²) in [5, 5.41) is 0. The number of rotatable bonds is 67. The van der Waals surface area contributed by atoms with Crippen molar-refractivity contribution in [2.75, 3.05) is 13.2 Å². The average molecular weight is 1160 g/mol. The van der Waals surface area contributed by atoms with E-state index in [4.69, 9.17) is 14.2 Å². The summed E-state index contributed by atoms with van der Waals surface area (Å²) in [4.78, 5) is 38.5. The van der Waals surface area contributed by atoms with Gasteiger partial charge in [0, 0.05) is 19.3 Å². The number of hydrogen-bond acceptors (Lipinski definition) is 6. The van der Waals surface area contributed by atoms with Gasteiger partial charge in [-0.3, -0.25) is 14.4 Å². The second kappa shape index (κ2) is 71.3. The molecule has 1 atom stereocenters. The maximum atomic E-state index is 13.0. The fraction of sp³-hybridized carbons (Fsp3) is 0.805. The van der Waals surface area contributed by atoms with Crippen LogP contribution in [0.4, 0.5) is 0 Å². The fourth-order valence-corrected chi connectivity index (χ4v) is 10.7. The van der Waals surface area contributed by atoms with Crippen molar-refractivity contribution in [3.8, 4) is 0 Å². The van der Waals surface area contributed by atoms with Crippen molar-refractivity contribution in [2.24, 2.45) is 0 Å². The standard InChI is InChI=1S/C77H138O6/c1-4-7-10-13-16-19-22-25-28-31-33-34-35-36-37-38-39-40-41-42-44-46-49-52-55-58-61-64-67-70-76(79)82-73-74(72-81-75(78)69-66-63-60-57-54-51-48-45-30-27-24-21-18-15-12-9-6-3)83-77(80)71-68-65-62-59-56-53-50-47-43-32-29-26-23-20-17-14-11-8-5-2/h17-18,20-21,26-27,29-31,33,43,47,74H,4-16,19,22-25,28,32,34-42,44-46,48-73H2,1-3H3/b20-17-,21-18-,29-26-,30-27-,33-31-,47-43-. The molecule has 0 aromatic rings. The first-order chi connectivity index (χ1) is 41.0. The Morgan fingerprint density at radius 3 is 0.711 bits per heavy atom. The highest BCUT2D eigenvalue weighted by Gasteiger charge is 2.19. The van der Waals surface area contributed by atoms with Crippen LogP contribution in [0.25, 0.3) is 0 Å². The smallest absolute Gasteiger partial charge is 0.306 e. The zero-order valence-corrected chi connectivity index (χ0v) is 55.5. The summed E-state index contributed by atoms with van der Waals surface area (Å²) in [7, 11) is 0. The minimum absolute atomic E-state index is 0.0805. The first-order valence-corrected chi connectivity index (χ1v) is 36.4. The Bertz CT molecular complexity index is 1520. The lowest BCUT2D eigenvalue weighted by molar-refractivity contribution is -0.167. The Balaban J connectivity index is 4.28. The van der Waals surface area contributed by atoms with Gasteiger partial charge in [0.15, 0.2) is 6.10 Å². The van der Waals surface area contributed by atoms with E-state index < -0.39 is 6.10 Å². The number of carbonyl (C=O) groups excluding carboxylic acids is 3. The molecular weight excluding hydrogens is 1020 g/mol. The molecular formula is C77H138O6. The maximum absolute atomic E-state index is 13.0. The van der Waals surface area contributed by atoms with Gasteiger partial charge in [0.1, 0.15) is 13.2 Å². The van der Waals surface area contributed by atoms with Crippen molar-refractivity contribution < 1.29 is 28.6 Å². The SMILES string of the molecule is CCCCC/C=C\C/C=C\C/C=C\CCCCCCCCC(=O)OC(COC(=O)CCCCCCCCC/C=C\C/C=C\CCCCC)COC(=O)CCCCCCCCCCCCCCCCCCC/C=C\CCCCCCCCCC. The fourth-order valence-electron chi connectivity index (χ4n) is 10.7. The Morgan fingerprint density at radius 1 is 0.241 bits per heavy atom. The van der Waals surface area contributed by atoms with Crippen molar-refractivity contribution in [3.05, 3.63) is 72.9 Å². The molecule has 0 N–H and O–H groups in total. The normalized spacial score (nSPS) is 12.5. The predicted octanol–water partition coefficient (Wildman–Crippen LogP) is 25.2. The van der Waals surface area contributed by atoms with Crippen molar-refractivity contribution in [1.82, 2.24) is 0 Å². The van der Waals surface area contributed by atoms with Gasteiger partial charge in [0.25, 0.3) is 0 Å². The van der Waals surface area contributed by atoms with Crippen LogP contribution in [0.15, 0.2) is 72.9 Å². The molecule has 0 spiro atoms. The number of ether oxygens (including phenoxy) is 3. The van der Waals surface area contributed by atoms with E-state index in [0.29, 0.717) is 19.3 Å². The summed E-state index contributed by atoms with van der Waals surface area (Å²) in [5.41, 5.74) is 0. The number of carbonyl (C=O) groups is 3. The average Bonchev–Trinajstić information content (AvgIpc) is 3.49. The molecule has 0 aliphatic heterocycles. The van der Waals surface area contributed by atoms with Gasteiger partial charge in [-0.1, -0.05) is 318 Å². The molecule has 0 bridgehead atoms. The largest absolute Gasteiger partial charge is 0.462 e. The third kappa shape index (κ3) is 69.5. The Morgan fingerprint density at radius 2 is 0.434 bits per heavy atom. The molecule has 0 rings (SSSR count). The van der Waals surface area contributed by atoms with E-state index in [1.165, 1.54) is 244 Å². The summed E-state index contributed by atoms with van der Waals surface area (Å²) < 4.78 is 17.0. The first kappa shape index (κ1) is 79.8. The van der Waals surface area contributed by atoms with Gasteiger partial charge in [-0.05, 0) is 116 Å². The van der Waals surface area contributed by atoms with Crippen LogP contribution in [0.5, 0.6) is 0 Å². The number of allylic oxidation sites excluding steroid dienone is 12. The quantitative estimate of drug-likeness (QED) is 0.0261. The molecule has 0 saturated heterocycles. The summed E-state index contributed by atoms with van der Waals surface area (Å²) in [6.07, 6.45) is 93.6. The van der Waals surface area contributed by atoms with E-state index in [1.54, 1.807) is 0 Å². The molecule has 1 unspecified atom stereocenters. The van der Waals surface area contributed by atoms with Gasteiger partial charge in [0.2, 0.25) is 0 Å². The molecule has 0 aliphatic rings. The van der Waals surface area contributed by atoms with E-state index in [1.807, 2.05) is 0 Å². The summed E-state index contributed by atoms with van der Waals surface area (Å²) in [5.74, 6) is -0.880. The molecule has 0 aromatic carbocycles. The van der Waals surface area contributed by atoms with Gasteiger partial charge in [-0.15, -0.1) is 0 Å². The molecule has 6 nitrogen and oxygen atoms in total. The molecule has 0 aromatic heterocycles. The van der Waals surface area contributed by atoms with Gasteiger partial charge < -0.3 is 14.2 Å². The van der Waals surface area contributed by atoms with Crippen molar-refractivity contribution in [2.45, 2.75) is 386 Å². The molecule has 0 fully saturated rings. The zero-order valence-electron chi connectivity index (χ0n) is 55.5. The Labute approximate surface area is 516 Å². The molecule has 0 saturated carbocycles. The van der Waals surface area contributed by atoms with Gasteiger partial charge in [0.05, 0.1) is 0 Å². The Hall–Kier alpha value is -3.15. The van der Waals surface area contributed by atoms with Crippen LogP contribution in [0.2, 0.25) is 0 Å². The molecule has 0 radical (unpaired) electrons. The minimum Gasteiger partial charge on any atom is -0.462 e. The number of esters is 3. The maximum Gasteiger partial charge on any atom is 0.306 e. The van der Waals surface area contributed by atoms with E-state index >= 15 is 0 Å². The number of unbranched alkanes of at least 4 members (excludes halogenated alkanes) is 44. The second-order valence-electron chi connectivity index (χ2n) is 24.5. The lowest BCUT2D eigenvalue weighted by atomic mass is 10.0. The van der Waals surface area contributed by atoms with Crippen LogP contribution in [0.1, 0.15) is 380 Å². The summed E-state index contributed by atoms with van der Waals surface area (Å²) in [6, 6.07) is 0. The molecule has 0 heterocycles. The van der Waals surface area contributed by atoms with Crippen LogP contribution < -0.4 is 0 Å². The third-order valence-corrected chi connectivity index (χ3v) is 16.2. The van der Waals surface area contributed by atoms with Crippen molar-refractivity contribution in [1.29, 1.82) is 0 Å². The van der Waals surface area contributed by atoms with Gasteiger partial charge in [-0.25, -0.2) is 0 Å². The van der Waals surface area contributed by atoms with Crippen LogP contribution in [0.3, 0.4) is 0 Å². The summed E-state index contributed by atoms with van der Waals surface area (Å²) in [6.45, 7) is 6.63. The van der Waals surface area contributed by atoms with Crippen molar-refractivity contribution in [3.63, 3.8) is 0 Å². The number of hydrogen-bond donors (Lipinski definition) is 0. The third-order valence-electron chi connectivity index (χ3n) is 16.2. The van der Waals surface area contributed by atoms with Crippen LogP contribution >= 0.6 is 0 Å². The molecule has 6 heteroatoms.